The number of furan rings is 1. The number of carbonyl (C=O) groups excluding carboxylic acids is 2. The molecule has 8 nitrogen and oxygen atoms in total. The molecule has 3 aromatic carbocycles. The summed E-state index contributed by atoms with van der Waals surface area (Å²) in [5.74, 6) is -0.404. The van der Waals surface area contributed by atoms with E-state index in [1.54, 1.807) is 17.0 Å². The highest BCUT2D eigenvalue weighted by Crippen LogP contribution is 2.32. The number of hydrogen-bond acceptors (Lipinski definition) is 5. The van der Waals surface area contributed by atoms with Gasteiger partial charge in [0, 0.05) is 24.0 Å². The van der Waals surface area contributed by atoms with Crippen LogP contribution in [0.25, 0.3) is 10.8 Å². The summed E-state index contributed by atoms with van der Waals surface area (Å²) in [5.41, 5.74) is 1.25. The average molecular weight is 490 g/mol. The Hall–Kier alpha value is -3.95. The molecule has 0 bridgehead atoms. The molecule has 9 heteroatoms. The molecule has 5 rings (SSSR count). The first kappa shape index (κ1) is 22.8. The zero-order valence-electron chi connectivity index (χ0n) is 18.7. The van der Waals surface area contributed by atoms with Crippen LogP contribution in [0.4, 0.5) is 11.4 Å². The second-order valence-electron chi connectivity index (χ2n) is 8.32. The number of benzene rings is 3. The smallest absolute Gasteiger partial charge is 0.240 e. The first-order chi connectivity index (χ1) is 16.9. The topological polar surface area (TPSA) is 109 Å². The highest BCUT2D eigenvalue weighted by atomic mass is 32.2. The minimum atomic E-state index is -3.73. The summed E-state index contributed by atoms with van der Waals surface area (Å²) < 4.78 is 32.6. The van der Waals surface area contributed by atoms with Gasteiger partial charge in [-0.3, -0.25) is 9.59 Å². The maximum Gasteiger partial charge on any atom is 0.240 e. The van der Waals surface area contributed by atoms with Gasteiger partial charge in [0.15, 0.2) is 0 Å². The number of fused-ring (bicyclic) bond motifs is 1. The van der Waals surface area contributed by atoms with Crippen LogP contribution in [-0.4, -0.2) is 26.8 Å². The Bertz CT molecular complexity index is 1480. The lowest BCUT2D eigenvalue weighted by Crippen LogP contribution is -2.28. The third-order valence-electron chi connectivity index (χ3n) is 6.00. The molecule has 1 fully saturated rings. The van der Waals surface area contributed by atoms with E-state index in [1.807, 2.05) is 42.5 Å². The van der Waals surface area contributed by atoms with Crippen molar-refractivity contribution in [3.05, 3.63) is 90.9 Å². The van der Waals surface area contributed by atoms with Gasteiger partial charge in [-0.15, -0.1) is 0 Å². The SMILES string of the molecule is O=C(Nc1ccc(S(=O)(=O)NCc2ccco2)cc1)C1CC(=O)N(c2cccc3ccccc23)C1. The van der Waals surface area contributed by atoms with E-state index in [0.717, 1.165) is 16.5 Å². The number of amides is 2. The monoisotopic (exact) mass is 489 g/mol. The molecule has 2 N–H and O–H groups in total. The number of rotatable bonds is 7. The maximum absolute atomic E-state index is 12.9. The molecule has 0 radical (unpaired) electrons. The molecule has 0 aliphatic carbocycles. The van der Waals surface area contributed by atoms with Crippen molar-refractivity contribution in [1.29, 1.82) is 0 Å². The van der Waals surface area contributed by atoms with Crippen molar-refractivity contribution in [3.63, 3.8) is 0 Å². The number of nitrogens with one attached hydrogen (secondary N) is 2. The van der Waals surface area contributed by atoms with Crippen LogP contribution >= 0.6 is 0 Å². The van der Waals surface area contributed by atoms with Gasteiger partial charge < -0.3 is 14.6 Å². The number of anilines is 2. The largest absolute Gasteiger partial charge is 0.468 e. The minimum absolute atomic E-state index is 0.0384. The van der Waals surface area contributed by atoms with Crippen LogP contribution < -0.4 is 14.9 Å². The van der Waals surface area contributed by atoms with Gasteiger partial charge in [-0.1, -0.05) is 36.4 Å². The fourth-order valence-corrected chi connectivity index (χ4v) is 5.18. The van der Waals surface area contributed by atoms with Gasteiger partial charge in [-0.25, -0.2) is 13.1 Å². The van der Waals surface area contributed by atoms with Crippen LogP contribution in [0.5, 0.6) is 0 Å². The third kappa shape index (κ3) is 4.82. The lowest BCUT2D eigenvalue weighted by molar-refractivity contribution is -0.122. The molecule has 4 aromatic rings. The zero-order valence-corrected chi connectivity index (χ0v) is 19.5. The van der Waals surface area contributed by atoms with E-state index < -0.39 is 15.9 Å². The van der Waals surface area contributed by atoms with E-state index >= 15 is 0 Å². The van der Waals surface area contributed by atoms with Crippen LogP contribution in [0.15, 0.2) is 94.4 Å². The molecule has 178 valence electrons. The van der Waals surface area contributed by atoms with E-state index in [9.17, 15) is 18.0 Å². The molecule has 1 unspecified atom stereocenters. The molecular formula is C26H23N3O5S. The minimum Gasteiger partial charge on any atom is -0.468 e. The molecule has 1 atom stereocenters. The summed E-state index contributed by atoms with van der Waals surface area (Å²) in [5, 5.41) is 4.79. The number of sulfonamides is 1. The molecular weight excluding hydrogens is 466 g/mol. The van der Waals surface area contributed by atoms with Crippen LogP contribution in [0, 0.1) is 5.92 Å². The van der Waals surface area contributed by atoms with Crippen molar-refractivity contribution in [3.8, 4) is 0 Å². The molecule has 2 amide bonds. The van der Waals surface area contributed by atoms with E-state index in [4.69, 9.17) is 4.42 Å². The van der Waals surface area contributed by atoms with Crippen molar-refractivity contribution in [2.24, 2.45) is 5.92 Å². The van der Waals surface area contributed by atoms with Gasteiger partial charge in [-0.05, 0) is 47.9 Å². The molecule has 35 heavy (non-hydrogen) atoms. The van der Waals surface area contributed by atoms with Gasteiger partial charge in [0.05, 0.1) is 29.3 Å². The summed E-state index contributed by atoms with van der Waals surface area (Å²) in [7, 11) is -3.73. The summed E-state index contributed by atoms with van der Waals surface area (Å²) in [6.07, 6.45) is 1.58. The summed E-state index contributed by atoms with van der Waals surface area (Å²) in [6, 6.07) is 22.8. The maximum atomic E-state index is 12.9. The lowest BCUT2D eigenvalue weighted by Gasteiger charge is -2.19. The normalized spacial score (nSPS) is 16.1. The summed E-state index contributed by atoms with van der Waals surface area (Å²) in [6.45, 7) is 0.318. The van der Waals surface area contributed by atoms with Crippen LogP contribution in [0.1, 0.15) is 12.2 Å². The Balaban J connectivity index is 1.24. The second-order valence-corrected chi connectivity index (χ2v) is 10.1. The Labute approximate surface area is 202 Å². The second kappa shape index (κ2) is 9.36. The van der Waals surface area contributed by atoms with Gasteiger partial charge >= 0.3 is 0 Å². The molecule has 1 aromatic heterocycles. The fourth-order valence-electron chi connectivity index (χ4n) is 4.18. The highest BCUT2D eigenvalue weighted by molar-refractivity contribution is 7.89. The summed E-state index contributed by atoms with van der Waals surface area (Å²) in [4.78, 5) is 27.4. The van der Waals surface area contributed by atoms with Gasteiger partial charge in [0.1, 0.15) is 5.76 Å². The van der Waals surface area contributed by atoms with Crippen molar-refractivity contribution >= 4 is 44.0 Å². The number of hydrogen-bond donors (Lipinski definition) is 2. The summed E-state index contributed by atoms with van der Waals surface area (Å²) >= 11 is 0. The van der Waals surface area contributed by atoms with Crippen LogP contribution in [0.3, 0.4) is 0 Å². The fraction of sp³-hybridized carbons (Fsp3) is 0.154. The van der Waals surface area contributed by atoms with Crippen LogP contribution in [0.2, 0.25) is 0 Å². The average Bonchev–Trinajstić information content (AvgIpc) is 3.53. The lowest BCUT2D eigenvalue weighted by atomic mass is 10.1. The first-order valence-corrected chi connectivity index (χ1v) is 12.6. The Morgan fingerprint density at radius 1 is 0.971 bits per heavy atom. The standard InChI is InChI=1S/C26H23N3O5S/c30-25-15-19(17-29(25)24-9-3-6-18-5-1-2-8-23(18)24)26(31)28-20-10-12-22(13-11-20)35(32,33)27-16-21-7-4-14-34-21/h1-14,19,27H,15-17H2,(H,28,31). The predicted octanol–water partition coefficient (Wildman–Crippen LogP) is 3.90. The van der Waals surface area contributed by atoms with E-state index in [2.05, 4.69) is 10.0 Å². The molecule has 0 spiro atoms. The highest BCUT2D eigenvalue weighted by Gasteiger charge is 2.35. The van der Waals surface area contributed by atoms with E-state index in [1.165, 1.54) is 30.5 Å². The predicted molar refractivity (Wildman–Crippen MR) is 132 cm³/mol. The van der Waals surface area contributed by atoms with Gasteiger partial charge in [-0.2, -0.15) is 0 Å². The van der Waals surface area contributed by atoms with Crippen molar-refractivity contribution in [1.82, 2.24) is 4.72 Å². The molecule has 1 aliphatic heterocycles. The molecule has 2 heterocycles. The quantitative estimate of drug-likeness (QED) is 0.409. The zero-order chi connectivity index (χ0) is 24.4. The van der Waals surface area contributed by atoms with Crippen molar-refractivity contribution in [2.45, 2.75) is 17.9 Å². The van der Waals surface area contributed by atoms with Crippen LogP contribution in [-0.2, 0) is 26.2 Å². The molecule has 0 saturated carbocycles. The Morgan fingerprint density at radius 3 is 2.51 bits per heavy atom. The molecule has 1 saturated heterocycles. The van der Waals surface area contributed by atoms with E-state index in [0.29, 0.717) is 11.4 Å². The Kier molecular flexibility index (Phi) is 6.10. The molecule has 1 aliphatic rings. The third-order valence-corrected chi connectivity index (χ3v) is 7.42. The van der Waals surface area contributed by atoms with Gasteiger partial charge in [0.25, 0.3) is 0 Å². The van der Waals surface area contributed by atoms with Crippen molar-refractivity contribution in [2.75, 3.05) is 16.8 Å². The first-order valence-electron chi connectivity index (χ1n) is 11.1. The Morgan fingerprint density at radius 2 is 1.74 bits per heavy atom. The van der Waals surface area contributed by atoms with Gasteiger partial charge in [0.2, 0.25) is 21.8 Å². The van der Waals surface area contributed by atoms with Crippen molar-refractivity contribution < 1.29 is 22.4 Å². The van der Waals surface area contributed by atoms with E-state index in [-0.39, 0.29) is 36.2 Å². The number of nitrogens with zero attached hydrogens (tertiary/aromatic N) is 1. The number of carbonyl (C=O) groups is 2.